The van der Waals surface area contributed by atoms with Gasteiger partial charge in [0.1, 0.15) is 22.9 Å². The molecular weight excluding hydrogens is 248 g/mol. The van der Waals surface area contributed by atoms with Gasteiger partial charge in [0.15, 0.2) is 0 Å². The summed E-state index contributed by atoms with van der Waals surface area (Å²) in [7, 11) is 0. The normalized spacial score (nSPS) is 12.5. The van der Waals surface area contributed by atoms with Crippen LogP contribution in [0.25, 0.3) is 0 Å². The number of nitrogens with zero attached hydrogens (tertiary/aromatic N) is 1. The quantitative estimate of drug-likeness (QED) is 0.837. The maximum absolute atomic E-state index is 13.5. The predicted molar refractivity (Wildman–Crippen MR) is 59.7 cm³/mol. The number of rotatable bonds is 2. The Morgan fingerprint density at radius 2 is 1.94 bits per heavy atom. The first-order chi connectivity index (χ1) is 8.09. The Morgan fingerprint density at radius 3 is 2.59 bits per heavy atom. The van der Waals surface area contributed by atoms with Crippen LogP contribution in [0.2, 0.25) is 5.15 Å². The van der Waals surface area contributed by atoms with Crippen LogP contribution in [-0.4, -0.2) is 10.1 Å². The summed E-state index contributed by atoms with van der Waals surface area (Å²) in [6, 6.07) is 6.07. The zero-order valence-electron chi connectivity index (χ0n) is 8.57. The van der Waals surface area contributed by atoms with Crippen molar-refractivity contribution in [1.82, 2.24) is 4.98 Å². The van der Waals surface area contributed by atoms with Gasteiger partial charge in [-0.1, -0.05) is 23.7 Å². The molecule has 88 valence electrons. The predicted octanol–water partition coefficient (Wildman–Crippen LogP) is 3.09. The molecule has 1 atom stereocenters. The second-order valence-corrected chi connectivity index (χ2v) is 3.81. The molecule has 0 bridgehead atoms. The molecule has 0 aliphatic heterocycles. The van der Waals surface area contributed by atoms with Crippen LogP contribution in [0.15, 0.2) is 36.5 Å². The van der Waals surface area contributed by atoms with Gasteiger partial charge >= 0.3 is 0 Å². The molecule has 2 rings (SSSR count). The smallest absolute Gasteiger partial charge is 0.135 e. The molecule has 0 saturated carbocycles. The summed E-state index contributed by atoms with van der Waals surface area (Å²) in [6.45, 7) is 0. The summed E-state index contributed by atoms with van der Waals surface area (Å²) in [4.78, 5) is 3.78. The number of benzene rings is 1. The topological polar surface area (TPSA) is 33.1 Å². The van der Waals surface area contributed by atoms with Crippen molar-refractivity contribution in [3.8, 4) is 0 Å². The summed E-state index contributed by atoms with van der Waals surface area (Å²) in [6.07, 6.45) is 0.191. The molecule has 0 aliphatic carbocycles. The van der Waals surface area contributed by atoms with Gasteiger partial charge in [-0.2, -0.15) is 0 Å². The van der Waals surface area contributed by atoms with Gasteiger partial charge in [0, 0.05) is 23.4 Å². The van der Waals surface area contributed by atoms with Crippen molar-refractivity contribution in [1.29, 1.82) is 0 Å². The Morgan fingerprint density at radius 1 is 1.18 bits per heavy atom. The molecule has 0 amide bonds. The van der Waals surface area contributed by atoms with Crippen molar-refractivity contribution in [3.05, 3.63) is 64.4 Å². The highest BCUT2D eigenvalue weighted by atomic mass is 35.5. The van der Waals surface area contributed by atoms with Crippen molar-refractivity contribution in [2.45, 2.75) is 6.10 Å². The zero-order chi connectivity index (χ0) is 12.4. The highest BCUT2D eigenvalue weighted by Crippen LogP contribution is 2.28. The van der Waals surface area contributed by atoms with E-state index in [1.807, 2.05) is 0 Å². The van der Waals surface area contributed by atoms with Crippen LogP contribution in [0, 0.1) is 11.6 Å². The van der Waals surface area contributed by atoms with Crippen LogP contribution in [0.5, 0.6) is 0 Å². The third kappa shape index (κ3) is 2.43. The van der Waals surface area contributed by atoms with E-state index in [2.05, 4.69) is 4.98 Å². The average molecular weight is 256 g/mol. The Kier molecular flexibility index (Phi) is 3.36. The lowest BCUT2D eigenvalue weighted by atomic mass is 10.0. The van der Waals surface area contributed by atoms with Gasteiger partial charge in [-0.3, -0.25) is 0 Å². The van der Waals surface area contributed by atoms with Crippen LogP contribution in [-0.2, 0) is 0 Å². The fourth-order valence-electron chi connectivity index (χ4n) is 1.49. The van der Waals surface area contributed by atoms with Crippen molar-refractivity contribution in [2.75, 3.05) is 0 Å². The molecule has 1 aromatic carbocycles. The number of aromatic nitrogens is 1. The average Bonchev–Trinajstić information content (AvgIpc) is 2.29. The number of halogens is 3. The molecule has 0 fully saturated rings. The number of aliphatic hydroxyl groups is 1. The van der Waals surface area contributed by atoms with E-state index < -0.39 is 17.7 Å². The Labute approximate surface area is 102 Å². The van der Waals surface area contributed by atoms with Crippen LogP contribution in [0.4, 0.5) is 8.78 Å². The van der Waals surface area contributed by atoms with E-state index in [-0.39, 0.29) is 16.3 Å². The largest absolute Gasteiger partial charge is 0.383 e. The summed E-state index contributed by atoms with van der Waals surface area (Å²) in [5, 5.41) is 10.0. The lowest BCUT2D eigenvalue weighted by molar-refractivity contribution is 0.214. The summed E-state index contributed by atoms with van der Waals surface area (Å²) in [5.74, 6) is -1.52. The van der Waals surface area contributed by atoms with E-state index in [0.717, 1.165) is 6.07 Å². The van der Waals surface area contributed by atoms with Crippen LogP contribution in [0.1, 0.15) is 17.2 Å². The maximum Gasteiger partial charge on any atom is 0.135 e. The van der Waals surface area contributed by atoms with Crippen molar-refractivity contribution in [3.63, 3.8) is 0 Å². The number of pyridine rings is 1. The first-order valence-corrected chi connectivity index (χ1v) is 5.21. The van der Waals surface area contributed by atoms with E-state index in [1.165, 1.54) is 18.3 Å². The Balaban J connectivity index is 2.44. The van der Waals surface area contributed by atoms with Gasteiger partial charge in [0.05, 0.1) is 0 Å². The van der Waals surface area contributed by atoms with E-state index in [1.54, 1.807) is 6.07 Å². The fraction of sp³-hybridized carbons (Fsp3) is 0.0833. The third-order valence-corrected chi connectivity index (χ3v) is 2.66. The zero-order valence-corrected chi connectivity index (χ0v) is 9.33. The molecule has 1 heterocycles. The lowest BCUT2D eigenvalue weighted by Crippen LogP contribution is -2.04. The van der Waals surface area contributed by atoms with Gasteiger partial charge in [-0.25, -0.2) is 13.8 Å². The minimum atomic E-state index is -1.27. The van der Waals surface area contributed by atoms with Gasteiger partial charge in [-0.15, -0.1) is 0 Å². The molecule has 0 radical (unpaired) electrons. The molecule has 0 aliphatic rings. The van der Waals surface area contributed by atoms with E-state index in [4.69, 9.17) is 11.6 Å². The molecule has 0 spiro atoms. The van der Waals surface area contributed by atoms with Crippen LogP contribution >= 0.6 is 11.6 Å². The molecule has 17 heavy (non-hydrogen) atoms. The third-order valence-electron chi connectivity index (χ3n) is 2.34. The van der Waals surface area contributed by atoms with Gasteiger partial charge in [-0.05, 0) is 12.1 Å². The standard InChI is InChI=1S/C12H8ClF2NO/c13-12-9(2-1-5-16-12)11(17)8-4-3-7(14)6-10(8)15/h1-6,11,17H. The molecule has 2 nitrogen and oxygen atoms in total. The number of hydrogen-bond acceptors (Lipinski definition) is 2. The molecule has 1 unspecified atom stereocenters. The van der Waals surface area contributed by atoms with Crippen molar-refractivity contribution >= 4 is 11.6 Å². The minimum Gasteiger partial charge on any atom is -0.383 e. The summed E-state index contributed by atoms with van der Waals surface area (Å²) >= 11 is 5.78. The van der Waals surface area contributed by atoms with E-state index >= 15 is 0 Å². The molecule has 2 aromatic rings. The Bertz CT molecular complexity index is 548. The van der Waals surface area contributed by atoms with Crippen molar-refractivity contribution < 1.29 is 13.9 Å². The monoisotopic (exact) mass is 255 g/mol. The summed E-state index contributed by atoms with van der Waals surface area (Å²) in [5.41, 5.74) is 0.237. The second kappa shape index (κ2) is 4.77. The first-order valence-electron chi connectivity index (χ1n) is 4.83. The second-order valence-electron chi connectivity index (χ2n) is 3.45. The van der Waals surface area contributed by atoms with Crippen molar-refractivity contribution in [2.24, 2.45) is 0 Å². The van der Waals surface area contributed by atoms with Gasteiger partial charge in [0.2, 0.25) is 0 Å². The highest BCUT2D eigenvalue weighted by Gasteiger charge is 2.18. The maximum atomic E-state index is 13.5. The number of hydrogen-bond donors (Lipinski definition) is 1. The van der Waals surface area contributed by atoms with Crippen LogP contribution < -0.4 is 0 Å². The molecule has 0 saturated heterocycles. The first kappa shape index (κ1) is 12.0. The minimum absolute atomic E-state index is 0.0405. The molecular formula is C12H8ClF2NO. The highest BCUT2D eigenvalue weighted by molar-refractivity contribution is 6.30. The molecule has 1 aromatic heterocycles. The SMILES string of the molecule is OC(c1ccc(F)cc1F)c1cccnc1Cl. The lowest BCUT2D eigenvalue weighted by Gasteiger charge is -2.13. The Hall–Kier alpha value is -1.52. The van der Waals surface area contributed by atoms with Crippen LogP contribution in [0.3, 0.4) is 0 Å². The van der Waals surface area contributed by atoms with E-state index in [0.29, 0.717) is 6.07 Å². The van der Waals surface area contributed by atoms with E-state index in [9.17, 15) is 13.9 Å². The van der Waals surface area contributed by atoms with Gasteiger partial charge in [0.25, 0.3) is 0 Å². The van der Waals surface area contributed by atoms with Gasteiger partial charge < -0.3 is 5.11 Å². The molecule has 1 N–H and O–H groups in total. The summed E-state index contributed by atoms with van der Waals surface area (Å²) < 4.78 is 26.2. The fourth-order valence-corrected chi connectivity index (χ4v) is 1.72. The number of aliphatic hydroxyl groups excluding tert-OH is 1. The molecule has 5 heteroatoms.